The third kappa shape index (κ3) is 3.77. The lowest BCUT2D eigenvalue weighted by Crippen LogP contribution is -2.50. The molecule has 0 amide bonds. The van der Waals surface area contributed by atoms with Gasteiger partial charge in [-0.2, -0.15) is 0 Å². The summed E-state index contributed by atoms with van der Waals surface area (Å²) in [6.45, 7) is 9.83. The molecule has 2 nitrogen and oxygen atoms in total. The smallest absolute Gasteiger partial charge is 0.120 e. The maximum atomic E-state index is 10.6. The van der Waals surface area contributed by atoms with Crippen LogP contribution in [0.2, 0.25) is 0 Å². The quantitative estimate of drug-likeness (QED) is 0.387. The molecule has 3 saturated carbocycles. The highest BCUT2D eigenvalue weighted by molar-refractivity contribution is 5.45. The fourth-order valence-electron chi connectivity index (χ4n) is 8.78. The fourth-order valence-corrected chi connectivity index (χ4v) is 8.78. The summed E-state index contributed by atoms with van der Waals surface area (Å²) < 4.78 is 0. The van der Waals surface area contributed by atoms with Crippen molar-refractivity contribution in [3.8, 4) is 0 Å². The van der Waals surface area contributed by atoms with Gasteiger partial charge < -0.3 is 5.11 Å². The number of hydrogen-bond acceptors (Lipinski definition) is 2. The molecule has 4 aliphatic rings. The molecule has 0 spiro atoms. The van der Waals surface area contributed by atoms with Crippen LogP contribution in [0.25, 0.3) is 0 Å². The molecule has 4 aliphatic carbocycles. The molecule has 0 saturated heterocycles. The van der Waals surface area contributed by atoms with Crippen LogP contribution in [0, 0.1) is 46.3 Å². The Morgan fingerprint density at radius 2 is 1.93 bits per heavy atom. The summed E-state index contributed by atoms with van der Waals surface area (Å²) in [6.07, 6.45) is 17.8. The van der Waals surface area contributed by atoms with Gasteiger partial charge >= 0.3 is 0 Å². The van der Waals surface area contributed by atoms with E-state index in [1.165, 1.54) is 51.4 Å². The average Bonchev–Trinajstić information content (AvgIpc) is 3.06. The van der Waals surface area contributed by atoms with Crippen LogP contribution >= 0.6 is 0 Å². The van der Waals surface area contributed by atoms with Crippen LogP contribution in [0.15, 0.2) is 17.7 Å². The van der Waals surface area contributed by atoms with Gasteiger partial charge in [0.15, 0.2) is 0 Å². The minimum atomic E-state index is -0.101. The molecule has 30 heavy (non-hydrogen) atoms. The Morgan fingerprint density at radius 3 is 2.70 bits per heavy atom. The highest BCUT2D eigenvalue weighted by Gasteiger charge is 2.59. The minimum absolute atomic E-state index is 0.101. The number of carbonyl (C=O) groups excluding carboxylic acids is 1. The minimum Gasteiger partial charge on any atom is -0.393 e. The van der Waals surface area contributed by atoms with Crippen LogP contribution in [0.3, 0.4) is 0 Å². The predicted molar refractivity (Wildman–Crippen MR) is 124 cm³/mol. The van der Waals surface area contributed by atoms with E-state index in [0.29, 0.717) is 16.7 Å². The van der Waals surface area contributed by atoms with Crippen molar-refractivity contribution in [2.24, 2.45) is 46.3 Å². The Morgan fingerprint density at radius 1 is 1.13 bits per heavy atom. The number of fused-ring (bicyclic) bond motifs is 5. The van der Waals surface area contributed by atoms with E-state index in [9.17, 15) is 9.90 Å². The summed E-state index contributed by atoms with van der Waals surface area (Å²) >= 11 is 0. The van der Waals surface area contributed by atoms with Crippen molar-refractivity contribution in [2.45, 2.75) is 104 Å². The van der Waals surface area contributed by atoms with Crippen LogP contribution in [0.4, 0.5) is 0 Å². The second kappa shape index (κ2) is 8.59. The lowest BCUT2D eigenvalue weighted by molar-refractivity contribution is -0.0572. The van der Waals surface area contributed by atoms with Crippen molar-refractivity contribution in [1.82, 2.24) is 0 Å². The van der Waals surface area contributed by atoms with Crippen LogP contribution in [-0.4, -0.2) is 17.2 Å². The Bertz CT molecular complexity index is 703. The topological polar surface area (TPSA) is 37.3 Å². The Labute approximate surface area is 184 Å². The van der Waals surface area contributed by atoms with E-state index in [0.717, 1.165) is 48.9 Å². The zero-order valence-corrected chi connectivity index (χ0v) is 19.8. The van der Waals surface area contributed by atoms with Crippen LogP contribution in [-0.2, 0) is 4.79 Å². The van der Waals surface area contributed by atoms with E-state index >= 15 is 0 Å². The van der Waals surface area contributed by atoms with Crippen LogP contribution in [0.5, 0.6) is 0 Å². The largest absolute Gasteiger partial charge is 0.393 e. The maximum absolute atomic E-state index is 10.6. The first kappa shape index (κ1) is 22.3. The Balaban J connectivity index is 1.44. The molecular weight excluding hydrogens is 368 g/mol. The fraction of sp³-hybridized carbons (Fsp3) is 0.857. The van der Waals surface area contributed by atoms with Crippen LogP contribution < -0.4 is 0 Å². The van der Waals surface area contributed by atoms with E-state index in [2.05, 4.69) is 33.8 Å². The van der Waals surface area contributed by atoms with Gasteiger partial charge in [-0.3, -0.25) is 0 Å². The molecule has 4 rings (SSSR count). The first-order valence-corrected chi connectivity index (χ1v) is 12.9. The predicted octanol–water partition coefficient (Wildman–Crippen LogP) is 6.76. The second-order valence-corrected chi connectivity index (χ2v) is 12.1. The van der Waals surface area contributed by atoms with Gasteiger partial charge in [-0.05, 0) is 104 Å². The molecule has 0 bridgehead atoms. The zero-order chi connectivity index (χ0) is 21.5. The Hall–Kier alpha value is -0.850. The van der Waals surface area contributed by atoms with Gasteiger partial charge in [0.1, 0.15) is 5.94 Å². The molecule has 0 aromatic rings. The summed E-state index contributed by atoms with van der Waals surface area (Å²) in [6, 6.07) is 0. The van der Waals surface area contributed by atoms with Gasteiger partial charge in [0.25, 0.3) is 0 Å². The Kier molecular flexibility index (Phi) is 6.40. The van der Waals surface area contributed by atoms with Gasteiger partial charge in [0.05, 0.1) is 6.10 Å². The molecule has 0 aromatic heterocycles. The summed E-state index contributed by atoms with van der Waals surface area (Å²) in [4.78, 5) is 10.6. The number of aliphatic hydroxyl groups is 1. The summed E-state index contributed by atoms with van der Waals surface area (Å²) in [5, 5.41) is 10.2. The van der Waals surface area contributed by atoms with Crippen molar-refractivity contribution < 1.29 is 9.90 Å². The SMILES string of the molecule is CC(C=C=O)CCCC(C)[C@H]1CC[C@H]2[C@@H]3CC=C4C[C@@H](O)CC[C@]4(C)[C@H]3CC[C@]12C. The summed E-state index contributed by atoms with van der Waals surface area (Å²) in [5.41, 5.74) is 2.47. The van der Waals surface area contributed by atoms with Gasteiger partial charge in [-0.25, -0.2) is 4.79 Å². The molecule has 168 valence electrons. The third-order valence-corrected chi connectivity index (χ3v) is 10.5. The molecule has 0 aromatic carbocycles. The van der Waals surface area contributed by atoms with E-state index < -0.39 is 0 Å². The number of allylic oxidation sites excluding steroid dienone is 2. The molecule has 9 atom stereocenters. The molecule has 2 heteroatoms. The summed E-state index contributed by atoms with van der Waals surface area (Å²) in [7, 11) is 0. The highest BCUT2D eigenvalue weighted by atomic mass is 16.3. The molecule has 1 N–H and O–H groups in total. The number of rotatable bonds is 6. The number of aliphatic hydroxyl groups excluding tert-OH is 1. The van der Waals surface area contributed by atoms with Gasteiger partial charge in [0.2, 0.25) is 0 Å². The maximum Gasteiger partial charge on any atom is 0.120 e. The van der Waals surface area contributed by atoms with E-state index in [-0.39, 0.29) is 6.10 Å². The van der Waals surface area contributed by atoms with Crippen LogP contribution in [0.1, 0.15) is 98.3 Å². The van der Waals surface area contributed by atoms with E-state index in [1.54, 1.807) is 11.6 Å². The lowest BCUT2D eigenvalue weighted by atomic mass is 9.47. The van der Waals surface area contributed by atoms with E-state index in [4.69, 9.17) is 0 Å². The standard InChI is InChI=1S/C28H44O2/c1-19(14-17-29)6-5-7-20(2)24-10-11-25-23-9-8-21-18-22(30)12-15-27(21,3)26(23)13-16-28(24,25)4/h8,14,19-20,22-26,30H,5-7,9-13,15-16,18H2,1-4H3/t19?,20?,22-,23-,24+,25-,26-,27-,28+/m0/s1. The average molecular weight is 413 g/mol. The summed E-state index contributed by atoms with van der Waals surface area (Å²) in [5.74, 6) is 6.59. The molecule has 2 unspecified atom stereocenters. The van der Waals surface area contributed by atoms with Crippen molar-refractivity contribution >= 4 is 5.94 Å². The first-order chi connectivity index (χ1) is 14.3. The van der Waals surface area contributed by atoms with Crippen molar-refractivity contribution in [3.05, 3.63) is 17.7 Å². The second-order valence-electron chi connectivity index (χ2n) is 12.1. The van der Waals surface area contributed by atoms with Crippen molar-refractivity contribution in [2.75, 3.05) is 0 Å². The monoisotopic (exact) mass is 412 g/mol. The molecule has 3 fully saturated rings. The van der Waals surface area contributed by atoms with E-state index in [1.807, 2.05) is 5.94 Å². The lowest BCUT2D eigenvalue weighted by Gasteiger charge is -2.58. The van der Waals surface area contributed by atoms with Gasteiger partial charge in [-0.15, -0.1) is 0 Å². The van der Waals surface area contributed by atoms with Gasteiger partial charge in [0, 0.05) is 6.08 Å². The molecule has 0 aliphatic heterocycles. The molecular formula is C28H44O2. The third-order valence-electron chi connectivity index (χ3n) is 10.5. The van der Waals surface area contributed by atoms with Crippen molar-refractivity contribution in [1.29, 1.82) is 0 Å². The molecule has 0 heterocycles. The normalized spacial score (nSPS) is 44.7. The first-order valence-electron chi connectivity index (χ1n) is 12.9. The highest BCUT2D eigenvalue weighted by Crippen LogP contribution is 2.67. The molecule has 0 radical (unpaired) electrons. The van der Waals surface area contributed by atoms with Crippen molar-refractivity contribution in [3.63, 3.8) is 0 Å². The number of hydrogen-bond donors (Lipinski definition) is 1. The zero-order valence-electron chi connectivity index (χ0n) is 19.8. The van der Waals surface area contributed by atoms with Gasteiger partial charge in [-0.1, -0.05) is 52.2 Å².